The first kappa shape index (κ1) is 18.2. The topological polar surface area (TPSA) is 61.4 Å². The van der Waals surface area contributed by atoms with Crippen LogP contribution in [-0.4, -0.2) is 35.5 Å². The third-order valence-electron chi connectivity index (χ3n) is 5.88. The minimum Gasteiger partial charge on any atom is -0.362 e. The average molecular weight is 450 g/mol. The summed E-state index contributed by atoms with van der Waals surface area (Å²) in [5, 5.41) is 8.68. The minimum absolute atomic E-state index is 0.0446. The van der Waals surface area contributed by atoms with E-state index >= 15 is 0 Å². The molecule has 2 amide bonds. The second kappa shape index (κ2) is 6.88. The van der Waals surface area contributed by atoms with E-state index in [2.05, 4.69) is 26.6 Å². The predicted molar refractivity (Wildman–Crippen MR) is 117 cm³/mol. The highest BCUT2D eigenvalue weighted by Gasteiger charge is 2.41. The van der Waals surface area contributed by atoms with Crippen LogP contribution in [0.15, 0.2) is 65.1 Å². The summed E-state index contributed by atoms with van der Waals surface area (Å²) < 4.78 is 0.875. The van der Waals surface area contributed by atoms with E-state index in [9.17, 15) is 9.59 Å². The third kappa shape index (κ3) is 3.17. The Morgan fingerprint density at radius 1 is 0.966 bits per heavy atom. The molecule has 2 heterocycles. The summed E-state index contributed by atoms with van der Waals surface area (Å²) in [5.74, 6) is -0.0306. The van der Waals surface area contributed by atoms with Gasteiger partial charge in [-0.1, -0.05) is 52.3 Å². The van der Waals surface area contributed by atoms with E-state index in [0.29, 0.717) is 31.5 Å². The Bertz CT molecular complexity index is 1130. The number of hydrogen-bond donors (Lipinski definition) is 2. The number of carbonyl (C=O) groups excluding carboxylic acids is 2. The third-order valence-corrected chi connectivity index (χ3v) is 6.37. The molecule has 2 aliphatic heterocycles. The van der Waals surface area contributed by atoms with Crippen LogP contribution >= 0.6 is 15.9 Å². The normalized spacial score (nSPS) is 17.6. The SMILES string of the molecule is O=C1NC2(CCN(C(=O)c3cccc4ccccc34)CC2)Nc2ccc(Br)cc21. The van der Waals surface area contributed by atoms with Crippen molar-refractivity contribution in [2.24, 2.45) is 0 Å². The fourth-order valence-corrected chi connectivity index (χ4v) is 4.67. The Balaban J connectivity index is 1.36. The summed E-state index contributed by atoms with van der Waals surface area (Å²) in [4.78, 5) is 27.7. The van der Waals surface area contributed by atoms with Gasteiger partial charge in [0.15, 0.2) is 0 Å². The summed E-state index contributed by atoms with van der Waals surface area (Å²) >= 11 is 3.42. The first-order valence-electron chi connectivity index (χ1n) is 9.72. The van der Waals surface area contributed by atoms with Crippen molar-refractivity contribution in [2.75, 3.05) is 18.4 Å². The van der Waals surface area contributed by atoms with Crippen molar-refractivity contribution in [3.05, 3.63) is 76.3 Å². The number of likely N-dealkylation sites (tertiary alicyclic amines) is 1. The average Bonchev–Trinajstić information content (AvgIpc) is 2.74. The quantitative estimate of drug-likeness (QED) is 0.578. The van der Waals surface area contributed by atoms with E-state index in [-0.39, 0.29) is 11.8 Å². The van der Waals surface area contributed by atoms with Crippen LogP contribution in [-0.2, 0) is 0 Å². The molecule has 1 saturated heterocycles. The second-order valence-corrected chi connectivity index (χ2v) is 8.59. The Morgan fingerprint density at radius 2 is 1.72 bits per heavy atom. The molecule has 2 aliphatic rings. The smallest absolute Gasteiger partial charge is 0.255 e. The zero-order valence-electron chi connectivity index (χ0n) is 15.7. The van der Waals surface area contributed by atoms with Gasteiger partial charge in [0.2, 0.25) is 0 Å². The summed E-state index contributed by atoms with van der Waals surface area (Å²) in [6.45, 7) is 1.17. The molecule has 29 heavy (non-hydrogen) atoms. The minimum atomic E-state index is -0.506. The number of nitrogens with one attached hydrogen (secondary N) is 2. The number of halogens is 1. The number of carbonyl (C=O) groups is 2. The maximum Gasteiger partial charge on any atom is 0.255 e. The number of hydrogen-bond acceptors (Lipinski definition) is 3. The highest BCUT2D eigenvalue weighted by Crippen LogP contribution is 2.33. The van der Waals surface area contributed by atoms with Crippen LogP contribution in [0.4, 0.5) is 5.69 Å². The largest absolute Gasteiger partial charge is 0.362 e. The molecule has 0 radical (unpaired) electrons. The molecule has 0 aliphatic carbocycles. The first-order chi connectivity index (χ1) is 14.0. The van der Waals surface area contributed by atoms with Crippen molar-refractivity contribution < 1.29 is 9.59 Å². The summed E-state index contributed by atoms with van der Waals surface area (Å²) in [6, 6.07) is 19.5. The summed E-state index contributed by atoms with van der Waals surface area (Å²) in [7, 11) is 0. The van der Waals surface area contributed by atoms with Gasteiger partial charge in [0.1, 0.15) is 5.66 Å². The van der Waals surface area contributed by atoms with E-state index < -0.39 is 5.66 Å². The Labute approximate surface area is 177 Å². The Hall–Kier alpha value is -2.86. The van der Waals surface area contributed by atoms with Gasteiger partial charge < -0.3 is 15.5 Å². The molecule has 0 bridgehead atoms. The zero-order valence-corrected chi connectivity index (χ0v) is 17.3. The van der Waals surface area contributed by atoms with Crippen molar-refractivity contribution in [1.29, 1.82) is 0 Å². The van der Waals surface area contributed by atoms with Crippen molar-refractivity contribution in [3.8, 4) is 0 Å². The van der Waals surface area contributed by atoms with Gasteiger partial charge in [0.25, 0.3) is 11.8 Å². The first-order valence-corrected chi connectivity index (χ1v) is 10.5. The van der Waals surface area contributed by atoms with Gasteiger partial charge in [0.05, 0.1) is 5.56 Å². The second-order valence-electron chi connectivity index (χ2n) is 7.67. The van der Waals surface area contributed by atoms with E-state index in [1.165, 1.54) is 0 Å². The molecule has 5 rings (SSSR count). The monoisotopic (exact) mass is 449 g/mol. The predicted octanol–water partition coefficient (Wildman–Crippen LogP) is 4.39. The standard InChI is InChI=1S/C23H20BrN3O2/c24-16-8-9-20-19(14-16)21(28)26-23(25-20)10-12-27(13-11-23)22(29)18-7-3-5-15-4-1-2-6-17(15)18/h1-9,14,25H,10-13H2,(H,26,28). The lowest BCUT2D eigenvalue weighted by Crippen LogP contribution is -2.62. The molecule has 146 valence electrons. The van der Waals surface area contributed by atoms with Crippen LogP contribution < -0.4 is 10.6 Å². The highest BCUT2D eigenvalue weighted by atomic mass is 79.9. The number of benzene rings is 3. The fourth-order valence-electron chi connectivity index (χ4n) is 4.31. The van der Waals surface area contributed by atoms with Crippen molar-refractivity contribution in [2.45, 2.75) is 18.5 Å². The van der Waals surface area contributed by atoms with Crippen LogP contribution in [0, 0.1) is 0 Å². The van der Waals surface area contributed by atoms with Gasteiger partial charge >= 0.3 is 0 Å². The molecule has 0 aromatic heterocycles. The van der Waals surface area contributed by atoms with Crippen molar-refractivity contribution in [3.63, 3.8) is 0 Å². The number of nitrogens with zero attached hydrogens (tertiary/aromatic N) is 1. The molecule has 1 spiro atoms. The van der Waals surface area contributed by atoms with Gasteiger partial charge in [-0.05, 0) is 35.0 Å². The lowest BCUT2D eigenvalue weighted by Gasteiger charge is -2.46. The Morgan fingerprint density at radius 3 is 2.55 bits per heavy atom. The van der Waals surface area contributed by atoms with Gasteiger partial charge in [0, 0.05) is 41.7 Å². The molecule has 3 aromatic rings. The zero-order chi connectivity index (χ0) is 20.0. The molecule has 1 fully saturated rings. The molecule has 0 unspecified atom stereocenters. The highest BCUT2D eigenvalue weighted by molar-refractivity contribution is 9.10. The van der Waals surface area contributed by atoms with Gasteiger partial charge in [-0.15, -0.1) is 0 Å². The van der Waals surface area contributed by atoms with Gasteiger partial charge in [-0.2, -0.15) is 0 Å². The molecule has 0 atom stereocenters. The fraction of sp³-hybridized carbons (Fsp3) is 0.217. The van der Waals surface area contributed by atoms with Crippen LogP contribution in [0.3, 0.4) is 0 Å². The van der Waals surface area contributed by atoms with E-state index in [0.717, 1.165) is 26.5 Å². The lowest BCUT2D eigenvalue weighted by molar-refractivity contribution is 0.0641. The van der Waals surface area contributed by atoms with E-state index in [1.807, 2.05) is 65.6 Å². The van der Waals surface area contributed by atoms with Crippen LogP contribution in [0.5, 0.6) is 0 Å². The molecular formula is C23H20BrN3O2. The lowest BCUT2D eigenvalue weighted by atomic mass is 9.92. The number of amides is 2. The van der Waals surface area contributed by atoms with E-state index in [1.54, 1.807) is 0 Å². The number of fused-ring (bicyclic) bond motifs is 2. The van der Waals surface area contributed by atoms with Gasteiger partial charge in [-0.25, -0.2) is 0 Å². The van der Waals surface area contributed by atoms with Crippen LogP contribution in [0.2, 0.25) is 0 Å². The Kier molecular flexibility index (Phi) is 4.32. The maximum atomic E-state index is 13.2. The maximum absolute atomic E-state index is 13.2. The number of rotatable bonds is 1. The van der Waals surface area contributed by atoms with Crippen LogP contribution in [0.1, 0.15) is 33.6 Å². The van der Waals surface area contributed by atoms with Crippen molar-refractivity contribution >= 4 is 44.2 Å². The molecule has 0 saturated carbocycles. The molecule has 5 nitrogen and oxygen atoms in total. The van der Waals surface area contributed by atoms with Crippen molar-refractivity contribution in [1.82, 2.24) is 10.2 Å². The molecule has 3 aromatic carbocycles. The van der Waals surface area contributed by atoms with E-state index in [4.69, 9.17) is 0 Å². The van der Waals surface area contributed by atoms with Crippen LogP contribution in [0.25, 0.3) is 10.8 Å². The van der Waals surface area contributed by atoms with Gasteiger partial charge in [-0.3, -0.25) is 9.59 Å². The number of piperidine rings is 1. The molecule has 6 heteroatoms. The summed E-state index contributed by atoms with van der Waals surface area (Å²) in [5.41, 5.74) is 1.70. The summed E-state index contributed by atoms with van der Waals surface area (Å²) in [6.07, 6.45) is 1.31. The molecular weight excluding hydrogens is 430 g/mol. The number of anilines is 1. The molecule has 2 N–H and O–H groups in total.